The quantitative estimate of drug-likeness (QED) is 0.723. The van der Waals surface area contributed by atoms with Crippen LogP contribution >= 0.6 is 22.9 Å². The average Bonchev–Trinajstić information content (AvgIpc) is 3.20. The third kappa shape index (κ3) is 3.79. The van der Waals surface area contributed by atoms with Gasteiger partial charge in [-0.15, -0.1) is 11.3 Å². The number of fused-ring (bicyclic) bond motifs is 1. The number of nitrogens with zero attached hydrogens (tertiary/aromatic N) is 2. The lowest BCUT2D eigenvalue weighted by molar-refractivity contribution is -0.123. The van der Waals surface area contributed by atoms with Crippen LogP contribution in [0.2, 0.25) is 5.02 Å². The predicted molar refractivity (Wildman–Crippen MR) is 105 cm³/mol. The van der Waals surface area contributed by atoms with E-state index in [1.54, 1.807) is 35.8 Å². The summed E-state index contributed by atoms with van der Waals surface area (Å²) in [5, 5.41) is 5.27. The van der Waals surface area contributed by atoms with E-state index in [4.69, 9.17) is 16.3 Å². The van der Waals surface area contributed by atoms with Crippen LogP contribution in [0.5, 0.6) is 5.75 Å². The van der Waals surface area contributed by atoms with E-state index in [0.717, 1.165) is 11.3 Å². The minimum Gasteiger partial charge on any atom is -0.482 e. The fourth-order valence-electron chi connectivity index (χ4n) is 2.77. The maximum atomic E-state index is 12.4. The van der Waals surface area contributed by atoms with Crippen LogP contribution in [0.4, 0.5) is 11.4 Å². The van der Waals surface area contributed by atoms with E-state index in [0.29, 0.717) is 22.1 Å². The summed E-state index contributed by atoms with van der Waals surface area (Å²) in [5.74, 6) is -0.0189. The maximum Gasteiger partial charge on any atom is 0.265 e. The number of amides is 2. The molecule has 1 N–H and O–H groups in total. The summed E-state index contributed by atoms with van der Waals surface area (Å²) < 4.78 is 5.50. The molecule has 0 saturated heterocycles. The molecule has 6 nitrogen and oxygen atoms in total. The Bertz CT molecular complexity index is 990. The van der Waals surface area contributed by atoms with E-state index in [1.807, 2.05) is 17.5 Å². The van der Waals surface area contributed by atoms with Gasteiger partial charge in [0.15, 0.2) is 6.61 Å². The van der Waals surface area contributed by atoms with Crippen molar-refractivity contribution in [1.29, 1.82) is 0 Å². The molecule has 0 saturated carbocycles. The Labute approximate surface area is 164 Å². The number of anilines is 2. The molecule has 0 atom stereocenters. The lowest BCUT2D eigenvalue weighted by Crippen LogP contribution is -2.43. The molecule has 0 spiro atoms. The highest BCUT2D eigenvalue weighted by atomic mass is 35.5. The van der Waals surface area contributed by atoms with Crippen LogP contribution in [0.15, 0.2) is 53.4 Å². The van der Waals surface area contributed by atoms with Gasteiger partial charge in [0.2, 0.25) is 5.91 Å². The molecule has 1 aromatic heterocycles. The molecule has 0 unspecified atom stereocenters. The van der Waals surface area contributed by atoms with Crippen LogP contribution in [-0.2, 0) is 9.59 Å². The molecule has 2 amide bonds. The van der Waals surface area contributed by atoms with Crippen molar-refractivity contribution >= 4 is 46.1 Å². The molecule has 3 aromatic rings. The zero-order chi connectivity index (χ0) is 18.8. The molecule has 2 heterocycles. The lowest BCUT2D eigenvalue weighted by Gasteiger charge is -2.29. The van der Waals surface area contributed by atoms with E-state index in [2.05, 4.69) is 10.3 Å². The number of aromatic nitrogens is 1. The predicted octanol–water partition coefficient (Wildman–Crippen LogP) is 3.83. The molecule has 0 aliphatic carbocycles. The number of nitrogens with one attached hydrogen (secondary N) is 1. The normalized spacial score (nSPS) is 13.1. The van der Waals surface area contributed by atoms with Gasteiger partial charge >= 0.3 is 0 Å². The first-order chi connectivity index (χ1) is 13.1. The number of carbonyl (C=O) groups excluding carboxylic acids is 2. The van der Waals surface area contributed by atoms with Crippen molar-refractivity contribution in [3.05, 3.63) is 58.4 Å². The number of ether oxygens (including phenoxy) is 1. The fourth-order valence-corrected chi connectivity index (χ4v) is 3.45. The zero-order valence-corrected chi connectivity index (χ0v) is 15.6. The topological polar surface area (TPSA) is 71.5 Å². The van der Waals surface area contributed by atoms with Crippen molar-refractivity contribution in [3.8, 4) is 17.0 Å². The first-order valence-electron chi connectivity index (χ1n) is 8.11. The molecule has 1 aliphatic heterocycles. The van der Waals surface area contributed by atoms with E-state index >= 15 is 0 Å². The second kappa shape index (κ2) is 7.38. The standard InChI is InChI=1S/C19H14ClN3O3S/c20-13-2-4-14(5-3-13)22-18(24)8-23-16-7-12(15-10-27-11-21-15)1-6-17(16)26-9-19(23)25/h1-7,10-11H,8-9H2,(H,22,24). The average molecular weight is 400 g/mol. The van der Waals surface area contributed by atoms with Crippen LogP contribution in [0.3, 0.4) is 0 Å². The minimum atomic E-state index is -0.308. The Kier molecular flexibility index (Phi) is 4.79. The summed E-state index contributed by atoms with van der Waals surface area (Å²) in [4.78, 5) is 30.5. The molecule has 136 valence electrons. The van der Waals surface area contributed by atoms with E-state index in [1.165, 1.54) is 16.2 Å². The minimum absolute atomic E-state index is 0.0999. The van der Waals surface area contributed by atoms with Crippen LogP contribution in [-0.4, -0.2) is 29.9 Å². The van der Waals surface area contributed by atoms with Crippen molar-refractivity contribution in [1.82, 2.24) is 4.98 Å². The zero-order valence-electron chi connectivity index (χ0n) is 14.0. The highest BCUT2D eigenvalue weighted by Gasteiger charge is 2.28. The summed E-state index contributed by atoms with van der Waals surface area (Å²) in [7, 11) is 0. The smallest absolute Gasteiger partial charge is 0.265 e. The van der Waals surface area contributed by atoms with E-state index in [-0.39, 0.29) is 25.0 Å². The molecule has 1 aliphatic rings. The van der Waals surface area contributed by atoms with Gasteiger partial charge in [-0.2, -0.15) is 0 Å². The number of hydrogen-bond donors (Lipinski definition) is 1. The highest BCUT2D eigenvalue weighted by molar-refractivity contribution is 7.07. The Morgan fingerprint density at radius 2 is 2.07 bits per heavy atom. The van der Waals surface area contributed by atoms with Crippen molar-refractivity contribution < 1.29 is 14.3 Å². The maximum absolute atomic E-state index is 12.4. The summed E-state index contributed by atoms with van der Waals surface area (Å²) in [6.45, 7) is -0.213. The molecule has 0 radical (unpaired) electrons. The number of carbonyl (C=O) groups is 2. The first kappa shape index (κ1) is 17.5. The van der Waals surface area contributed by atoms with Crippen LogP contribution in [0, 0.1) is 0 Å². The van der Waals surface area contributed by atoms with E-state index in [9.17, 15) is 9.59 Å². The third-order valence-electron chi connectivity index (χ3n) is 4.06. The number of rotatable bonds is 4. The molecular formula is C19H14ClN3O3S. The number of benzene rings is 2. The molecule has 0 bridgehead atoms. The number of halogens is 1. The summed E-state index contributed by atoms with van der Waals surface area (Å²) in [6.07, 6.45) is 0. The van der Waals surface area contributed by atoms with Gasteiger partial charge in [-0.3, -0.25) is 14.5 Å². The third-order valence-corrected chi connectivity index (χ3v) is 4.90. The summed E-state index contributed by atoms with van der Waals surface area (Å²) in [5.41, 5.74) is 4.58. The Morgan fingerprint density at radius 3 is 2.81 bits per heavy atom. The first-order valence-corrected chi connectivity index (χ1v) is 9.43. The summed E-state index contributed by atoms with van der Waals surface area (Å²) in [6, 6.07) is 12.3. The van der Waals surface area contributed by atoms with Crippen LogP contribution in [0.1, 0.15) is 0 Å². The lowest BCUT2D eigenvalue weighted by atomic mass is 10.1. The monoisotopic (exact) mass is 399 g/mol. The fraction of sp³-hybridized carbons (Fsp3) is 0.105. The van der Waals surface area contributed by atoms with Crippen LogP contribution < -0.4 is 15.0 Å². The molecular weight excluding hydrogens is 386 g/mol. The number of hydrogen-bond acceptors (Lipinski definition) is 5. The van der Waals surface area contributed by atoms with Crippen molar-refractivity contribution in [3.63, 3.8) is 0 Å². The van der Waals surface area contributed by atoms with Crippen molar-refractivity contribution in [2.45, 2.75) is 0 Å². The van der Waals surface area contributed by atoms with Gasteiger partial charge in [0.05, 0.1) is 16.9 Å². The largest absolute Gasteiger partial charge is 0.482 e. The van der Waals surface area contributed by atoms with E-state index < -0.39 is 0 Å². The second-order valence-electron chi connectivity index (χ2n) is 5.88. The molecule has 2 aromatic carbocycles. The Balaban J connectivity index is 1.57. The van der Waals surface area contributed by atoms with Crippen molar-refractivity contribution in [2.24, 2.45) is 0 Å². The van der Waals surface area contributed by atoms with Gasteiger partial charge in [0, 0.05) is 21.7 Å². The van der Waals surface area contributed by atoms with Gasteiger partial charge in [-0.05, 0) is 42.5 Å². The molecule has 27 heavy (non-hydrogen) atoms. The molecule has 8 heteroatoms. The summed E-state index contributed by atoms with van der Waals surface area (Å²) >= 11 is 7.34. The Morgan fingerprint density at radius 1 is 1.26 bits per heavy atom. The van der Waals surface area contributed by atoms with Crippen molar-refractivity contribution in [2.75, 3.05) is 23.4 Å². The van der Waals surface area contributed by atoms with Gasteiger partial charge in [-0.1, -0.05) is 11.6 Å². The SMILES string of the molecule is O=C(CN1C(=O)COc2ccc(-c3cscn3)cc21)Nc1ccc(Cl)cc1. The van der Waals surface area contributed by atoms with Gasteiger partial charge in [0.1, 0.15) is 12.3 Å². The second-order valence-corrected chi connectivity index (χ2v) is 7.03. The van der Waals surface area contributed by atoms with Gasteiger partial charge < -0.3 is 10.1 Å². The van der Waals surface area contributed by atoms with Gasteiger partial charge in [0.25, 0.3) is 5.91 Å². The van der Waals surface area contributed by atoms with Crippen LogP contribution in [0.25, 0.3) is 11.3 Å². The highest BCUT2D eigenvalue weighted by Crippen LogP contribution is 2.36. The molecule has 0 fully saturated rings. The van der Waals surface area contributed by atoms with Gasteiger partial charge in [-0.25, -0.2) is 4.98 Å². The Hall–Kier alpha value is -2.90. The molecule has 4 rings (SSSR count). The number of thiazole rings is 1.